The Bertz CT molecular complexity index is 660. The minimum Gasteiger partial charge on any atom is -0.372 e. The van der Waals surface area contributed by atoms with Crippen LogP contribution in [-0.4, -0.2) is 35.3 Å². The highest BCUT2D eigenvalue weighted by Gasteiger charge is 2.23. The lowest BCUT2D eigenvalue weighted by atomic mass is 10.2. The fourth-order valence-corrected chi connectivity index (χ4v) is 3.56. The number of aromatic nitrogens is 2. The summed E-state index contributed by atoms with van der Waals surface area (Å²) >= 11 is 1.52. The highest BCUT2D eigenvalue weighted by molar-refractivity contribution is 7.98. The van der Waals surface area contributed by atoms with E-state index in [0.717, 1.165) is 23.9 Å². The van der Waals surface area contributed by atoms with Crippen LogP contribution in [0, 0.1) is 5.82 Å². The van der Waals surface area contributed by atoms with Gasteiger partial charge in [-0.2, -0.15) is 0 Å². The molecule has 1 aromatic heterocycles. The van der Waals surface area contributed by atoms with E-state index in [-0.39, 0.29) is 18.0 Å². The van der Waals surface area contributed by atoms with E-state index in [4.69, 9.17) is 4.74 Å². The Hall–Kier alpha value is -1.66. The molecule has 4 nitrogen and oxygen atoms in total. The van der Waals surface area contributed by atoms with Crippen molar-refractivity contribution in [1.82, 2.24) is 9.97 Å². The lowest BCUT2D eigenvalue weighted by molar-refractivity contribution is -0.00548. The largest absolute Gasteiger partial charge is 0.372 e. The SMILES string of the molecule is CC1CN(c2cc(SCc3ccccc3F)ncn2)CC(C)O1. The van der Waals surface area contributed by atoms with Crippen molar-refractivity contribution in [2.24, 2.45) is 0 Å². The van der Waals surface area contributed by atoms with E-state index in [9.17, 15) is 4.39 Å². The minimum absolute atomic E-state index is 0.176. The number of hydrogen-bond donors (Lipinski definition) is 0. The van der Waals surface area contributed by atoms with Gasteiger partial charge in [-0.25, -0.2) is 14.4 Å². The molecule has 1 fully saturated rings. The average Bonchev–Trinajstić information content (AvgIpc) is 2.53. The van der Waals surface area contributed by atoms with E-state index < -0.39 is 0 Å². The summed E-state index contributed by atoms with van der Waals surface area (Å²) < 4.78 is 19.4. The number of thioether (sulfide) groups is 1. The van der Waals surface area contributed by atoms with E-state index in [2.05, 4.69) is 28.7 Å². The summed E-state index contributed by atoms with van der Waals surface area (Å²) in [5, 5.41) is 0.852. The normalized spacial score (nSPS) is 21.4. The quantitative estimate of drug-likeness (QED) is 0.632. The van der Waals surface area contributed by atoms with Gasteiger partial charge in [0, 0.05) is 24.9 Å². The predicted molar refractivity (Wildman–Crippen MR) is 90.2 cm³/mol. The Labute approximate surface area is 140 Å². The van der Waals surface area contributed by atoms with Crippen molar-refractivity contribution >= 4 is 17.6 Å². The maximum atomic E-state index is 13.7. The highest BCUT2D eigenvalue weighted by Crippen LogP contribution is 2.25. The van der Waals surface area contributed by atoms with Crippen LogP contribution >= 0.6 is 11.8 Å². The topological polar surface area (TPSA) is 38.2 Å². The van der Waals surface area contributed by atoms with Crippen LogP contribution in [0.2, 0.25) is 0 Å². The maximum absolute atomic E-state index is 13.7. The molecule has 0 N–H and O–H groups in total. The third kappa shape index (κ3) is 4.20. The Balaban J connectivity index is 1.69. The third-order valence-electron chi connectivity index (χ3n) is 3.70. The molecule has 1 aromatic carbocycles. The molecule has 2 atom stereocenters. The molecular formula is C17H20FN3OS. The lowest BCUT2D eigenvalue weighted by Gasteiger charge is -2.36. The van der Waals surface area contributed by atoms with Crippen LogP contribution in [0.5, 0.6) is 0 Å². The fraction of sp³-hybridized carbons (Fsp3) is 0.412. The van der Waals surface area contributed by atoms with Crippen LogP contribution in [-0.2, 0) is 10.5 Å². The zero-order valence-corrected chi connectivity index (χ0v) is 14.1. The van der Waals surface area contributed by atoms with E-state index in [1.165, 1.54) is 17.8 Å². The molecule has 2 aromatic rings. The second-order valence-corrected chi connectivity index (χ2v) is 6.75. The molecule has 0 aliphatic carbocycles. The number of anilines is 1. The zero-order chi connectivity index (χ0) is 16.2. The number of morpholine rings is 1. The summed E-state index contributed by atoms with van der Waals surface area (Å²) in [5.74, 6) is 1.28. The predicted octanol–water partition coefficient (Wildman–Crippen LogP) is 3.52. The molecule has 1 aliphatic rings. The molecule has 3 rings (SSSR count). The second kappa shape index (κ2) is 7.27. The first-order valence-corrected chi connectivity index (χ1v) is 8.69. The van der Waals surface area contributed by atoms with Gasteiger partial charge in [0.05, 0.1) is 12.2 Å². The summed E-state index contributed by atoms with van der Waals surface area (Å²) in [6.07, 6.45) is 1.94. The highest BCUT2D eigenvalue weighted by atomic mass is 32.2. The van der Waals surface area contributed by atoms with E-state index in [1.54, 1.807) is 18.5 Å². The molecular weight excluding hydrogens is 313 g/mol. The van der Waals surface area contributed by atoms with Gasteiger partial charge in [0.15, 0.2) is 0 Å². The molecule has 1 saturated heterocycles. The van der Waals surface area contributed by atoms with Crippen molar-refractivity contribution in [1.29, 1.82) is 0 Å². The van der Waals surface area contributed by atoms with Crippen LogP contribution in [0.3, 0.4) is 0 Å². The second-order valence-electron chi connectivity index (χ2n) is 5.76. The Morgan fingerprint density at radius 2 is 1.96 bits per heavy atom. The molecule has 1 aliphatic heterocycles. The summed E-state index contributed by atoms with van der Waals surface area (Å²) in [7, 11) is 0. The summed E-state index contributed by atoms with van der Waals surface area (Å²) in [4.78, 5) is 10.9. The van der Waals surface area contributed by atoms with Crippen LogP contribution in [0.1, 0.15) is 19.4 Å². The van der Waals surface area contributed by atoms with E-state index in [0.29, 0.717) is 11.3 Å². The Morgan fingerprint density at radius 3 is 2.70 bits per heavy atom. The van der Waals surface area contributed by atoms with Crippen LogP contribution in [0.15, 0.2) is 41.7 Å². The molecule has 0 saturated carbocycles. The molecule has 0 spiro atoms. The number of halogens is 1. The molecule has 122 valence electrons. The van der Waals surface area contributed by atoms with Crippen molar-refractivity contribution < 1.29 is 9.13 Å². The molecule has 23 heavy (non-hydrogen) atoms. The van der Waals surface area contributed by atoms with Crippen LogP contribution in [0.25, 0.3) is 0 Å². The van der Waals surface area contributed by atoms with Gasteiger partial charge in [0.2, 0.25) is 0 Å². The molecule has 0 amide bonds. The summed E-state index contributed by atoms with van der Waals surface area (Å²) in [6.45, 7) is 5.77. The fourth-order valence-electron chi connectivity index (χ4n) is 2.71. The zero-order valence-electron chi connectivity index (χ0n) is 13.3. The first-order valence-electron chi connectivity index (χ1n) is 7.70. The number of ether oxygens (including phenoxy) is 1. The standard InChI is InChI=1S/C17H20FN3OS/c1-12-8-21(9-13(2)22-12)16-7-17(20-11-19-16)23-10-14-5-3-4-6-15(14)18/h3-7,11-13H,8-10H2,1-2H3. The van der Waals surface area contributed by atoms with Gasteiger partial charge in [-0.15, -0.1) is 11.8 Å². The first-order chi connectivity index (χ1) is 11.1. The summed E-state index contributed by atoms with van der Waals surface area (Å²) in [5.41, 5.74) is 0.686. The molecule has 0 bridgehead atoms. The minimum atomic E-state index is -0.176. The monoisotopic (exact) mass is 333 g/mol. The third-order valence-corrected chi connectivity index (χ3v) is 4.68. The van der Waals surface area contributed by atoms with Crippen molar-refractivity contribution in [3.63, 3.8) is 0 Å². The van der Waals surface area contributed by atoms with Gasteiger partial charge in [0.25, 0.3) is 0 Å². The van der Waals surface area contributed by atoms with Gasteiger partial charge in [0.1, 0.15) is 23.0 Å². The molecule has 0 radical (unpaired) electrons. The maximum Gasteiger partial charge on any atom is 0.133 e. The van der Waals surface area contributed by atoms with Gasteiger partial charge in [-0.1, -0.05) is 18.2 Å². The molecule has 6 heteroatoms. The molecule has 2 heterocycles. The van der Waals surface area contributed by atoms with Crippen molar-refractivity contribution in [2.45, 2.75) is 36.8 Å². The number of rotatable bonds is 4. The smallest absolute Gasteiger partial charge is 0.133 e. The van der Waals surface area contributed by atoms with E-state index in [1.807, 2.05) is 12.1 Å². The van der Waals surface area contributed by atoms with Gasteiger partial charge < -0.3 is 9.64 Å². The van der Waals surface area contributed by atoms with Crippen molar-refractivity contribution in [2.75, 3.05) is 18.0 Å². The summed E-state index contributed by atoms with van der Waals surface area (Å²) in [6, 6.07) is 8.80. The Morgan fingerprint density at radius 1 is 1.22 bits per heavy atom. The van der Waals surface area contributed by atoms with Crippen LogP contribution < -0.4 is 4.90 Å². The number of nitrogens with zero attached hydrogens (tertiary/aromatic N) is 3. The molecule has 2 unspecified atom stereocenters. The van der Waals surface area contributed by atoms with Gasteiger partial charge >= 0.3 is 0 Å². The van der Waals surface area contributed by atoms with Crippen molar-refractivity contribution in [3.8, 4) is 0 Å². The number of benzene rings is 1. The van der Waals surface area contributed by atoms with Crippen molar-refractivity contribution in [3.05, 3.63) is 48.0 Å². The average molecular weight is 333 g/mol. The Kier molecular flexibility index (Phi) is 5.13. The van der Waals surface area contributed by atoms with Crippen LogP contribution in [0.4, 0.5) is 10.2 Å². The van der Waals surface area contributed by atoms with E-state index >= 15 is 0 Å². The van der Waals surface area contributed by atoms with Gasteiger partial charge in [-0.3, -0.25) is 0 Å². The van der Waals surface area contributed by atoms with Gasteiger partial charge in [-0.05, 0) is 25.5 Å². The lowest BCUT2D eigenvalue weighted by Crippen LogP contribution is -2.45. The first kappa shape index (κ1) is 16.2. The number of hydrogen-bond acceptors (Lipinski definition) is 5.